The van der Waals surface area contributed by atoms with E-state index in [0.717, 1.165) is 22.7 Å². The van der Waals surface area contributed by atoms with Gasteiger partial charge in [-0.05, 0) is 64.9 Å². The average Bonchev–Trinajstić information content (AvgIpc) is 3.22. The molecule has 0 spiro atoms. The maximum Gasteiger partial charge on any atom is 0.137 e. The van der Waals surface area contributed by atoms with Crippen LogP contribution in [0.4, 0.5) is 0 Å². The Hall–Kier alpha value is -1.65. The van der Waals surface area contributed by atoms with Crippen LogP contribution in [0, 0.1) is 0 Å². The number of pyridine rings is 1. The van der Waals surface area contributed by atoms with Crippen molar-refractivity contribution in [1.29, 1.82) is 0 Å². The predicted molar refractivity (Wildman–Crippen MR) is 99.0 cm³/mol. The van der Waals surface area contributed by atoms with E-state index in [-0.39, 0.29) is 0 Å². The van der Waals surface area contributed by atoms with E-state index >= 15 is 0 Å². The van der Waals surface area contributed by atoms with E-state index in [1.54, 1.807) is 0 Å². The fourth-order valence-corrected chi connectivity index (χ4v) is 4.41. The zero-order valence-electron chi connectivity index (χ0n) is 13.5. The number of fused-ring (bicyclic) bond motifs is 2. The Morgan fingerprint density at radius 2 is 1.96 bits per heavy atom. The number of halogens is 1. The first-order chi connectivity index (χ1) is 11.8. The Labute approximate surface area is 150 Å². The molecule has 1 unspecified atom stereocenters. The topological polar surface area (TPSA) is 20.5 Å². The number of nitrogens with zero attached hydrogens (tertiary/aromatic N) is 3. The van der Waals surface area contributed by atoms with Crippen molar-refractivity contribution in [2.24, 2.45) is 0 Å². The summed E-state index contributed by atoms with van der Waals surface area (Å²) >= 11 is 3.54. The first-order valence-corrected chi connectivity index (χ1v) is 9.54. The monoisotopic (exact) mass is 381 g/mol. The summed E-state index contributed by atoms with van der Waals surface area (Å²) in [6.45, 7) is 0.947. The Bertz CT molecular complexity index is 897. The molecule has 0 N–H and O–H groups in total. The van der Waals surface area contributed by atoms with Gasteiger partial charge in [0.2, 0.25) is 0 Å². The zero-order chi connectivity index (χ0) is 16.1. The lowest BCUT2D eigenvalue weighted by Gasteiger charge is -2.29. The molecule has 1 atom stereocenters. The third-order valence-corrected chi connectivity index (χ3v) is 5.80. The highest BCUT2D eigenvalue weighted by atomic mass is 79.9. The molecule has 0 radical (unpaired) electrons. The molecule has 2 heterocycles. The summed E-state index contributed by atoms with van der Waals surface area (Å²) in [6, 6.07) is 14.4. The van der Waals surface area contributed by atoms with Crippen LogP contribution >= 0.6 is 15.9 Å². The fourth-order valence-electron chi connectivity index (χ4n) is 4.06. The van der Waals surface area contributed by atoms with Gasteiger partial charge in [-0.2, -0.15) is 0 Å². The molecule has 2 aliphatic carbocycles. The smallest absolute Gasteiger partial charge is 0.137 e. The van der Waals surface area contributed by atoms with Crippen LogP contribution in [0.15, 0.2) is 53.3 Å². The lowest BCUT2D eigenvalue weighted by atomic mass is 10.1. The molecule has 3 aromatic rings. The average molecular weight is 382 g/mol. The van der Waals surface area contributed by atoms with Gasteiger partial charge in [-0.15, -0.1) is 0 Å². The number of hydrogen-bond donors (Lipinski definition) is 0. The van der Waals surface area contributed by atoms with Gasteiger partial charge in [0.1, 0.15) is 5.65 Å². The van der Waals surface area contributed by atoms with Crippen LogP contribution in [0.1, 0.15) is 42.1 Å². The van der Waals surface area contributed by atoms with Crippen LogP contribution < -0.4 is 0 Å². The van der Waals surface area contributed by atoms with Gasteiger partial charge in [0.25, 0.3) is 0 Å². The maximum atomic E-state index is 4.83. The van der Waals surface area contributed by atoms with Crippen molar-refractivity contribution >= 4 is 21.6 Å². The van der Waals surface area contributed by atoms with Crippen LogP contribution in [0.3, 0.4) is 0 Å². The number of aromatic nitrogens is 2. The largest absolute Gasteiger partial charge is 0.306 e. The van der Waals surface area contributed by atoms with Crippen LogP contribution in [-0.2, 0) is 13.0 Å². The summed E-state index contributed by atoms with van der Waals surface area (Å²) in [5, 5.41) is 0. The summed E-state index contributed by atoms with van der Waals surface area (Å²) in [5.74, 6) is 0. The van der Waals surface area contributed by atoms with Crippen molar-refractivity contribution in [3.63, 3.8) is 0 Å². The second-order valence-corrected chi connectivity index (χ2v) is 7.92. The lowest BCUT2D eigenvalue weighted by molar-refractivity contribution is 0.175. The van der Waals surface area contributed by atoms with E-state index in [0.29, 0.717) is 6.04 Å². The van der Waals surface area contributed by atoms with Crippen molar-refractivity contribution in [1.82, 2.24) is 14.3 Å². The van der Waals surface area contributed by atoms with E-state index in [4.69, 9.17) is 4.98 Å². The van der Waals surface area contributed by atoms with Gasteiger partial charge in [0.05, 0.1) is 5.69 Å². The molecule has 1 saturated carbocycles. The van der Waals surface area contributed by atoms with E-state index < -0.39 is 0 Å². The molecular weight excluding hydrogens is 362 g/mol. The highest BCUT2D eigenvalue weighted by Crippen LogP contribution is 2.42. The molecule has 0 saturated heterocycles. The van der Waals surface area contributed by atoms with E-state index in [2.05, 4.69) is 74.0 Å². The van der Waals surface area contributed by atoms with Crippen LogP contribution in [-0.4, -0.2) is 20.3 Å². The molecule has 0 bridgehead atoms. The number of aryl methyl sites for hydroxylation is 1. The summed E-state index contributed by atoms with van der Waals surface area (Å²) < 4.78 is 3.20. The van der Waals surface area contributed by atoms with Gasteiger partial charge in [0, 0.05) is 35.5 Å². The molecule has 0 aliphatic heterocycles. The Morgan fingerprint density at radius 1 is 1.08 bits per heavy atom. The molecule has 4 heteroatoms. The lowest BCUT2D eigenvalue weighted by Crippen LogP contribution is -2.29. The number of imidazole rings is 1. The molecule has 1 fully saturated rings. The van der Waals surface area contributed by atoms with E-state index in [1.165, 1.54) is 42.5 Å². The number of benzene rings is 1. The molecule has 3 nitrogen and oxygen atoms in total. The van der Waals surface area contributed by atoms with Crippen molar-refractivity contribution in [2.75, 3.05) is 0 Å². The highest BCUT2D eigenvalue weighted by molar-refractivity contribution is 9.10. The summed E-state index contributed by atoms with van der Waals surface area (Å²) in [5.41, 5.74) is 5.27. The molecule has 1 aromatic carbocycles. The second-order valence-electron chi connectivity index (χ2n) is 7.00. The SMILES string of the molecule is Brc1ccc2nc(CN(C3CC3)C3CCc4ccccc43)cn2c1. The molecule has 0 amide bonds. The van der Waals surface area contributed by atoms with E-state index in [1.807, 2.05) is 0 Å². The van der Waals surface area contributed by atoms with Gasteiger partial charge >= 0.3 is 0 Å². The number of rotatable bonds is 4. The third-order valence-electron chi connectivity index (χ3n) is 5.33. The second kappa shape index (κ2) is 5.71. The maximum absolute atomic E-state index is 4.83. The third kappa shape index (κ3) is 2.58. The van der Waals surface area contributed by atoms with Gasteiger partial charge in [-0.1, -0.05) is 24.3 Å². The Kier molecular flexibility index (Phi) is 3.49. The Morgan fingerprint density at radius 3 is 2.83 bits per heavy atom. The summed E-state index contributed by atoms with van der Waals surface area (Å²) in [7, 11) is 0. The molecule has 2 aliphatic rings. The van der Waals surface area contributed by atoms with Crippen molar-refractivity contribution in [3.05, 3.63) is 70.1 Å². The minimum absolute atomic E-state index is 0.560. The van der Waals surface area contributed by atoms with Crippen molar-refractivity contribution in [3.8, 4) is 0 Å². The first-order valence-electron chi connectivity index (χ1n) is 8.74. The summed E-state index contributed by atoms with van der Waals surface area (Å²) in [4.78, 5) is 7.53. The molecule has 122 valence electrons. The van der Waals surface area contributed by atoms with Gasteiger partial charge in [-0.25, -0.2) is 4.98 Å². The zero-order valence-corrected chi connectivity index (χ0v) is 15.1. The summed E-state index contributed by atoms with van der Waals surface area (Å²) in [6.07, 6.45) is 9.38. The minimum atomic E-state index is 0.560. The first kappa shape index (κ1) is 14.7. The van der Waals surface area contributed by atoms with Gasteiger partial charge < -0.3 is 4.40 Å². The van der Waals surface area contributed by atoms with Crippen LogP contribution in [0.2, 0.25) is 0 Å². The fraction of sp³-hybridized carbons (Fsp3) is 0.350. The highest BCUT2D eigenvalue weighted by Gasteiger charge is 2.37. The quantitative estimate of drug-likeness (QED) is 0.649. The van der Waals surface area contributed by atoms with Crippen molar-refractivity contribution < 1.29 is 0 Å². The minimum Gasteiger partial charge on any atom is -0.306 e. The van der Waals surface area contributed by atoms with Gasteiger partial charge in [0.15, 0.2) is 0 Å². The molecule has 2 aromatic heterocycles. The Balaban J connectivity index is 1.46. The predicted octanol–water partition coefficient (Wildman–Crippen LogP) is 4.75. The molecular formula is C20H20BrN3. The van der Waals surface area contributed by atoms with Crippen LogP contribution in [0.5, 0.6) is 0 Å². The molecule has 24 heavy (non-hydrogen) atoms. The molecule has 5 rings (SSSR count). The normalized spacial score (nSPS) is 20.0. The van der Waals surface area contributed by atoms with Gasteiger partial charge in [-0.3, -0.25) is 4.90 Å². The van der Waals surface area contributed by atoms with Crippen molar-refractivity contribution in [2.45, 2.75) is 44.3 Å². The standard InChI is InChI=1S/C20H20BrN3/c21-15-6-10-20-22-16(12-23(20)11-15)13-24(17-7-8-17)19-9-5-14-3-1-2-4-18(14)19/h1-4,6,10-12,17,19H,5,7-9,13H2. The van der Waals surface area contributed by atoms with Crippen LogP contribution in [0.25, 0.3) is 5.65 Å². The van der Waals surface area contributed by atoms with E-state index in [9.17, 15) is 0 Å². The number of hydrogen-bond acceptors (Lipinski definition) is 2.